The van der Waals surface area contributed by atoms with Gasteiger partial charge >= 0.3 is 0 Å². The molecule has 1 fully saturated rings. The Kier molecular flexibility index (Phi) is 4.33. The molecule has 1 aliphatic rings. The first-order valence-corrected chi connectivity index (χ1v) is 6.34. The Hall–Kier alpha value is -1.39. The molecule has 1 aromatic rings. The van der Waals surface area contributed by atoms with Gasteiger partial charge in [0.1, 0.15) is 0 Å². The van der Waals surface area contributed by atoms with Gasteiger partial charge in [-0.1, -0.05) is 18.2 Å². The fourth-order valence-corrected chi connectivity index (χ4v) is 2.36. The molecule has 0 aromatic heterocycles. The highest BCUT2D eigenvalue weighted by Crippen LogP contribution is 2.21. The first-order valence-electron chi connectivity index (χ1n) is 6.34. The molecule has 1 amide bonds. The lowest BCUT2D eigenvalue weighted by atomic mass is 9.97. The summed E-state index contributed by atoms with van der Waals surface area (Å²) in [5.74, 6) is 0.201. The lowest BCUT2D eigenvalue weighted by Gasteiger charge is -2.32. The number of carbonyl (C=O) groups is 1. The van der Waals surface area contributed by atoms with Gasteiger partial charge in [-0.3, -0.25) is 4.79 Å². The van der Waals surface area contributed by atoms with E-state index in [9.17, 15) is 4.79 Å². The smallest absolute Gasteiger partial charge is 0.231 e. The lowest BCUT2D eigenvalue weighted by Crippen LogP contribution is -2.43. The number of piperidine rings is 1. The summed E-state index contributed by atoms with van der Waals surface area (Å²) in [5.41, 5.74) is 0.942. The van der Waals surface area contributed by atoms with E-state index in [2.05, 4.69) is 0 Å². The Morgan fingerprint density at radius 3 is 2.78 bits per heavy atom. The maximum Gasteiger partial charge on any atom is 0.231 e. The van der Waals surface area contributed by atoms with Crippen molar-refractivity contribution in [2.45, 2.75) is 12.8 Å². The molecule has 0 bridgehead atoms. The van der Waals surface area contributed by atoms with Gasteiger partial charge in [0, 0.05) is 25.8 Å². The Morgan fingerprint density at radius 1 is 1.39 bits per heavy atom. The predicted octanol–water partition coefficient (Wildman–Crippen LogP) is 1.92. The summed E-state index contributed by atoms with van der Waals surface area (Å²) >= 11 is 0. The molecule has 1 unspecified atom stereocenters. The van der Waals surface area contributed by atoms with Gasteiger partial charge in [0.15, 0.2) is 0 Å². The molecule has 1 heterocycles. The van der Waals surface area contributed by atoms with Crippen molar-refractivity contribution in [2.24, 2.45) is 5.92 Å². The van der Waals surface area contributed by atoms with Gasteiger partial charge in [-0.25, -0.2) is 0 Å². The second-order valence-electron chi connectivity index (χ2n) is 4.64. The van der Waals surface area contributed by atoms with Crippen molar-refractivity contribution in [1.82, 2.24) is 5.06 Å². The van der Waals surface area contributed by atoms with E-state index in [-0.39, 0.29) is 11.8 Å². The Balaban J connectivity index is 2.02. The highest BCUT2D eigenvalue weighted by atomic mass is 16.7. The van der Waals surface area contributed by atoms with Crippen molar-refractivity contribution in [2.75, 3.05) is 32.1 Å². The zero-order chi connectivity index (χ0) is 13.0. The van der Waals surface area contributed by atoms with Gasteiger partial charge in [0.25, 0.3) is 0 Å². The Labute approximate surface area is 108 Å². The highest BCUT2D eigenvalue weighted by Gasteiger charge is 2.28. The molecule has 4 heteroatoms. The number of hydrogen-bond donors (Lipinski definition) is 0. The second-order valence-corrected chi connectivity index (χ2v) is 4.64. The van der Waals surface area contributed by atoms with E-state index in [1.54, 1.807) is 12.0 Å². The van der Waals surface area contributed by atoms with Crippen LogP contribution in [0, 0.1) is 5.92 Å². The van der Waals surface area contributed by atoms with Crippen LogP contribution in [0.3, 0.4) is 0 Å². The van der Waals surface area contributed by atoms with Crippen LogP contribution in [-0.2, 0) is 9.63 Å². The van der Waals surface area contributed by atoms with E-state index in [4.69, 9.17) is 4.84 Å². The SMILES string of the molecule is CON1CCCC(C(=O)N(C)c2ccccc2)C1. The average molecular weight is 248 g/mol. The van der Waals surface area contributed by atoms with Crippen molar-refractivity contribution in [3.05, 3.63) is 30.3 Å². The molecule has 1 aliphatic heterocycles. The minimum absolute atomic E-state index is 0.0314. The maximum absolute atomic E-state index is 12.4. The molecule has 1 saturated heterocycles. The van der Waals surface area contributed by atoms with E-state index in [0.29, 0.717) is 6.54 Å². The molecule has 1 atom stereocenters. The maximum atomic E-state index is 12.4. The minimum Gasteiger partial charge on any atom is -0.315 e. The number of anilines is 1. The normalized spacial score (nSPS) is 20.7. The fourth-order valence-electron chi connectivity index (χ4n) is 2.36. The van der Waals surface area contributed by atoms with Crippen LogP contribution in [0.5, 0.6) is 0 Å². The molecule has 0 aliphatic carbocycles. The van der Waals surface area contributed by atoms with Crippen LogP contribution in [0.2, 0.25) is 0 Å². The summed E-state index contributed by atoms with van der Waals surface area (Å²) in [4.78, 5) is 19.4. The van der Waals surface area contributed by atoms with Crippen molar-refractivity contribution >= 4 is 11.6 Å². The first-order chi connectivity index (χ1) is 8.72. The number of nitrogens with zero attached hydrogens (tertiary/aromatic N) is 2. The standard InChI is InChI=1S/C14H20N2O2/c1-15(13-8-4-3-5-9-13)14(17)12-7-6-10-16(11-12)18-2/h3-5,8-9,12H,6-7,10-11H2,1-2H3. The van der Waals surface area contributed by atoms with E-state index in [1.165, 1.54) is 0 Å². The zero-order valence-electron chi connectivity index (χ0n) is 11.0. The highest BCUT2D eigenvalue weighted by molar-refractivity contribution is 5.94. The van der Waals surface area contributed by atoms with Crippen LogP contribution in [0.25, 0.3) is 0 Å². The summed E-state index contributed by atoms with van der Waals surface area (Å²) in [6, 6.07) is 9.75. The largest absolute Gasteiger partial charge is 0.315 e. The van der Waals surface area contributed by atoms with Crippen LogP contribution in [0.1, 0.15) is 12.8 Å². The molecule has 0 saturated carbocycles. The molecule has 0 radical (unpaired) electrons. The van der Waals surface area contributed by atoms with Gasteiger partial charge in [-0.15, -0.1) is 0 Å². The first kappa shape index (κ1) is 13.1. The predicted molar refractivity (Wildman–Crippen MR) is 71.2 cm³/mol. The third-order valence-corrected chi connectivity index (χ3v) is 3.47. The average Bonchev–Trinajstić information content (AvgIpc) is 2.46. The van der Waals surface area contributed by atoms with Gasteiger partial charge in [0.05, 0.1) is 13.0 Å². The van der Waals surface area contributed by atoms with Crippen molar-refractivity contribution in [3.8, 4) is 0 Å². The van der Waals surface area contributed by atoms with Crippen molar-refractivity contribution < 1.29 is 9.63 Å². The van der Waals surface area contributed by atoms with Gasteiger partial charge in [-0.05, 0) is 25.0 Å². The van der Waals surface area contributed by atoms with Crippen molar-refractivity contribution in [3.63, 3.8) is 0 Å². The number of benzene rings is 1. The number of rotatable bonds is 3. The zero-order valence-corrected chi connectivity index (χ0v) is 11.0. The number of carbonyl (C=O) groups excluding carboxylic acids is 1. The molecule has 2 rings (SSSR count). The van der Waals surface area contributed by atoms with Gasteiger partial charge < -0.3 is 9.74 Å². The molecular weight excluding hydrogens is 228 g/mol. The van der Waals surface area contributed by atoms with Gasteiger partial charge in [0.2, 0.25) is 5.91 Å². The molecule has 0 N–H and O–H groups in total. The fraction of sp³-hybridized carbons (Fsp3) is 0.500. The summed E-state index contributed by atoms with van der Waals surface area (Å²) in [6.45, 7) is 1.60. The van der Waals surface area contributed by atoms with Crippen LogP contribution in [0.15, 0.2) is 30.3 Å². The topological polar surface area (TPSA) is 32.8 Å². The minimum atomic E-state index is 0.0314. The number of para-hydroxylation sites is 1. The molecule has 4 nitrogen and oxygen atoms in total. The molecular formula is C14H20N2O2. The van der Waals surface area contributed by atoms with E-state index in [0.717, 1.165) is 25.1 Å². The summed E-state index contributed by atoms with van der Waals surface area (Å²) in [7, 11) is 3.50. The number of amides is 1. The third kappa shape index (κ3) is 2.89. The number of hydroxylamine groups is 2. The number of hydrogen-bond acceptors (Lipinski definition) is 3. The second kappa shape index (κ2) is 5.98. The Morgan fingerprint density at radius 2 is 2.11 bits per heavy atom. The monoisotopic (exact) mass is 248 g/mol. The van der Waals surface area contributed by atoms with Crippen LogP contribution >= 0.6 is 0 Å². The van der Waals surface area contributed by atoms with Crippen LogP contribution < -0.4 is 4.90 Å². The molecule has 1 aromatic carbocycles. The quantitative estimate of drug-likeness (QED) is 0.819. The van der Waals surface area contributed by atoms with Gasteiger partial charge in [-0.2, -0.15) is 5.06 Å². The van der Waals surface area contributed by atoms with E-state index < -0.39 is 0 Å². The van der Waals surface area contributed by atoms with Crippen molar-refractivity contribution in [1.29, 1.82) is 0 Å². The van der Waals surface area contributed by atoms with Crippen LogP contribution in [0.4, 0.5) is 5.69 Å². The van der Waals surface area contributed by atoms with E-state index >= 15 is 0 Å². The summed E-state index contributed by atoms with van der Waals surface area (Å²) in [6.07, 6.45) is 1.95. The summed E-state index contributed by atoms with van der Waals surface area (Å²) in [5, 5.41) is 1.87. The van der Waals surface area contributed by atoms with E-state index in [1.807, 2.05) is 42.4 Å². The molecule has 0 spiro atoms. The lowest BCUT2D eigenvalue weighted by molar-refractivity contribution is -0.159. The molecule has 18 heavy (non-hydrogen) atoms. The third-order valence-electron chi connectivity index (χ3n) is 3.47. The summed E-state index contributed by atoms with van der Waals surface area (Å²) < 4.78 is 0. The molecule has 98 valence electrons. The van der Waals surface area contributed by atoms with Crippen LogP contribution in [-0.4, -0.2) is 38.2 Å². The Bertz CT molecular complexity index is 394.